The van der Waals surface area contributed by atoms with Crippen molar-refractivity contribution in [2.45, 2.75) is 18.3 Å². The lowest BCUT2D eigenvalue weighted by atomic mass is 10.1. The summed E-state index contributed by atoms with van der Waals surface area (Å²) in [5.41, 5.74) is 1.11. The first kappa shape index (κ1) is 12.2. The van der Waals surface area contributed by atoms with Crippen LogP contribution < -0.4 is 0 Å². The molecular formula is C11H10Cl2N2O3. The summed E-state index contributed by atoms with van der Waals surface area (Å²) in [6.45, 7) is 0.0654. The number of ether oxygens (including phenoxy) is 1. The van der Waals surface area contributed by atoms with E-state index in [-0.39, 0.29) is 11.8 Å². The highest BCUT2D eigenvalue weighted by Gasteiger charge is 2.38. The molecule has 1 fully saturated rings. The second-order valence-electron chi connectivity index (χ2n) is 4.18. The lowest BCUT2D eigenvalue weighted by Gasteiger charge is -2.15. The molecule has 2 aromatic heterocycles. The summed E-state index contributed by atoms with van der Waals surface area (Å²) in [6.07, 6.45) is -1.01. The Morgan fingerprint density at radius 2 is 2.11 bits per heavy atom. The van der Waals surface area contributed by atoms with Crippen molar-refractivity contribution in [2.24, 2.45) is 0 Å². The summed E-state index contributed by atoms with van der Waals surface area (Å²) >= 11 is 12.0. The Hall–Kier alpha value is -0.850. The third-order valence-corrected chi connectivity index (χ3v) is 3.50. The van der Waals surface area contributed by atoms with Crippen molar-refractivity contribution in [1.29, 1.82) is 0 Å². The van der Waals surface area contributed by atoms with Crippen molar-refractivity contribution in [3.8, 4) is 0 Å². The van der Waals surface area contributed by atoms with E-state index < -0.39 is 18.3 Å². The third-order valence-electron chi connectivity index (χ3n) is 2.99. The molecular weight excluding hydrogens is 279 g/mol. The Morgan fingerprint density at radius 1 is 1.33 bits per heavy atom. The number of halogens is 2. The minimum Gasteiger partial charge on any atom is -0.388 e. The van der Waals surface area contributed by atoms with Gasteiger partial charge in [0.2, 0.25) is 0 Å². The molecule has 18 heavy (non-hydrogen) atoms. The van der Waals surface area contributed by atoms with Gasteiger partial charge in [0.25, 0.3) is 0 Å². The molecule has 0 aliphatic carbocycles. The zero-order valence-corrected chi connectivity index (χ0v) is 10.6. The van der Waals surface area contributed by atoms with Gasteiger partial charge in [-0.25, -0.2) is 4.98 Å². The monoisotopic (exact) mass is 288 g/mol. The molecule has 0 unspecified atom stereocenters. The van der Waals surface area contributed by atoms with E-state index in [0.717, 1.165) is 0 Å². The molecule has 96 valence electrons. The summed E-state index contributed by atoms with van der Waals surface area (Å²) < 4.78 is 7.03. The van der Waals surface area contributed by atoms with Gasteiger partial charge in [-0.3, -0.25) is 4.40 Å². The van der Waals surface area contributed by atoms with Crippen LogP contribution in [0.4, 0.5) is 0 Å². The minimum atomic E-state index is -1.03. The smallest absolute Gasteiger partial charge is 0.154 e. The first-order valence-corrected chi connectivity index (χ1v) is 6.14. The first-order chi connectivity index (χ1) is 8.58. The number of nitrogens with zero attached hydrogens (tertiary/aromatic N) is 2. The van der Waals surface area contributed by atoms with E-state index >= 15 is 0 Å². The van der Waals surface area contributed by atoms with E-state index in [1.165, 1.54) is 0 Å². The molecule has 3 atom stereocenters. The van der Waals surface area contributed by atoms with Crippen LogP contribution in [0.1, 0.15) is 11.8 Å². The number of aromatic nitrogens is 2. The van der Waals surface area contributed by atoms with E-state index in [9.17, 15) is 10.2 Å². The normalized spacial score (nSPS) is 28.1. The standard InChI is InChI=1S/C11H10Cl2N2O3/c12-5-1-2-7-14-11(13)8(15(7)3-5)10-9(17)6(16)4-18-10/h1-3,6,9-10,16-17H,4H2/t6-,9-,10-/m1/s1. The van der Waals surface area contributed by atoms with E-state index in [1.54, 1.807) is 22.7 Å². The SMILES string of the molecule is O[C@@H]1[C@H](O)CO[C@@H]1c1c(Cl)nc2ccc(Cl)cn12. The number of hydrogen-bond acceptors (Lipinski definition) is 4. The van der Waals surface area contributed by atoms with Crippen LogP contribution >= 0.6 is 23.2 Å². The number of hydrogen-bond donors (Lipinski definition) is 2. The van der Waals surface area contributed by atoms with Crippen molar-refractivity contribution in [3.05, 3.63) is 34.2 Å². The van der Waals surface area contributed by atoms with Gasteiger partial charge in [-0.05, 0) is 12.1 Å². The van der Waals surface area contributed by atoms with E-state index in [1.807, 2.05) is 0 Å². The van der Waals surface area contributed by atoms with Gasteiger partial charge >= 0.3 is 0 Å². The fourth-order valence-electron chi connectivity index (χ4n) is 2.10. The van der Waals surface area contributed by atoms with Gasteiger partial charge in [0.05, 0.1) is 17.3 Å². The van der Waals surface area contributed by atoms with Crippen molar-refractivity contribution in [2.75, 3.05) is 6.61 Å². The second-order valence-corrected chi connectivity index (χ2v) is 4.97. The number of aliphatic hydroxyl groups is 2. The van der Waals surface area contributed by atoms with Gasteiger partial charge in [-0.2, -0.15) is 0 Å². The van der Waals surface area contributed by atoms with Crippen LogP contribution in [0.3, 0.4) is 0 Å². The number of imidazole rings is 1. The Morgan fingerprint density at radius 3 is 2.78 bits per heavy atom. The Labute approximate surface area is 113 Å². The molecule has 1 aliphatic rings. The molecule has 0 radical (unpaired) electrons. The quantitative estimate of drug-likeness (QED) is 0.833. The topological polar surface area (TPSA) is 67.0 Å². The van der Waals surface area contributed by atoms with Gasteiger partial charge in [0, 0.05) is 6.20 Å². The van der Waals surface area contributed by atoms with Crippen LogP contribution in [0, 0.1) is 0 Å². The van der Waals surface area contributed by atoms with Crippen LogP contribution in [0.25, 0.3) is 5.65 Å². The first-order valence-electron chi connectivity index (χ1n) is 5.38. The molecule has 7 heteroatoms. The van der Waals surface area contributed by atoms with Crippen molar-refractivity contribution in [3.63, 3.8) is 0 Å². The Bertz CT molecular complexity index is 601. The lowest BCUT2D eigenvalue weighted by Crippen LogP contribution is -2.25. The predicted molar refractivity (Wildman–Crippen MR) is 65.9 cm³/mol. The maximum absolute atomic E-state index is 9.87. The minimum absolute atomic E-state index is 0.0654. The Balaban J connectivity index is 2.16. The molecule has 2 N–H and O–H groups in total. The van der Waals surface area contributed by atoms with Crippen LogP contribution in [-0.2, 0) is 4.74 Å². The summed E-state index contributed by atoms with van der Waals surface area (Å²) in [5, 5.41) is 20.1. The van der Waals surface area contributed by atoms with Crippen molar-refractivity contribution < 1.29 is 14.9 Å². The molecule has 0 amide bonds. The molecule has 0 spiro atoms. The molecule has 0 saturated carbocycles. The summed E-state index contributed by atoms with van der Waals surface area (Å²) in [5.74, 6) is 0. The molecule has 1 aliphatic heterocycles. The van der Waals surface area contributed by atoms with Gasteiger partial charge in [-0.15, -0.1) is 0 Å². The van der Waals surface area contributed by atoms with Gasteiger partial charge < -0.3 is 14.9 Å². The van der Waals surface area contributed by atoms with E-state index in [0.29, 0.717) is 16.4 Å². The fourth-order valence-corrected chi connectivity index (χ4v) is 2.55. The zero-order chi connectivity index (χ0) is 12.9. The summed E-state index contributed by atoms with van der Waals surface area (Å²) in [4.78, 5) is 4.16. The average molecular weight is 289 g/mol. The number of fused-ring (bicyclic) bond motifs is 1. The molecule has 3 rings (SSSR count). The number of pyridine rings is 1. The van der Waals surface area contributed by atoms with Crippen molar-refractivity contribution in [1.82, 2.24) is 9.38 Å². The third kappa shape index (κ3) is 1.79. The van der Waals surface area contributed by atoms with Crippen LogP contribution in [0.15, 0.2) is 18.3 Å². The van der Waals surface area contributed by atoms with E-state index in [4.69, 9.17) is 27.9 Å². The van der Waals surface area contributed by atoms with Gasteiger partial charge in [-0.1, -0.05) is 23.2 Å². The van der Waals surface area contributed by atoms with Gasteiger partial charge in [0.1, 0.15) is 24.0 Å². The highest BCUT2D eigenvalue weighted by Crippen LogP contribution is 2.34. The number of rotatable bonds is 1. The molecule has 1 saturated heterocycles. The largest absolute Gasteiger partial charge is 0.388 e. The zero-order valence-electron chi connectivity index (χ0n) is 9.12. The molecule has 0 aromatic carbocycles. The number of aliphatic hydroxyl groups excluding tert-OH is 2. The molecule has 5 nitrogen and oxygen atoms in total. The highest BCUT2D eigenvalue weighted by atomic mass is 35.5. The highest BCUT2D eigenvalue weighted by molar-refractivity contribution is 6.31. The van der Waals surface area contributed by atoms with Crippen LogP contribution in [0.5, 0.6) is 0 Å². The summed E-state index contributed by atoms with van der Waals surface area (Å²) in [6, 6.07) is 3.42. The maximum atomic E-state index is 9.87. The molecule has 0 bridgehead atoms. The maximum Gasteiger partial charge on any atom is 0.154 e. The fraction of sp³-hybridized carbons (Fsp3) is 0.364. The van der Waals surface area contributed by atoms with Gasteiger partial charge in [0.15, 0.2) is 5.15 Å². The lowest BCUT2D eigenvalue weighted by molar-refractivity contribution is 0.0202. The van der Waals surface area contributed by atoms with Crippen molar-refractivity contribution >= 4 is 28.8 Å². The predicted octanol–water partition coefficient (Wildman–Crippen LogP) is 1.43. The van der Waals surface area contributed by atoms with Crippen LogP contribution in [-0.4, -0.2) is 38.4 Å². The Kier molecular flexibility index (Phi) is 2.96. The average Bonchev–Trinajstić information content (AvgIpc) is 2.81. The van der Waals surface area contributed by atoms with E-state index in [2.05, 4.69) is 4.98 Å². The molecule has 3 heterocycles. The van der Waals surface area contributed by atoms with Crippen LogP contribution in [0.2, 0.25) is 10.2 Å². The molecule has 2 aromatic rings. The summed E-state index contributed by atoms with van der Waals surface area (Å²) in [7, 11) is 0. The second kappa shape index (κ2) is 4.36.